The molecule has 1 heterocycles. The summed E-state index contributed by atoms with van der Waals surface area (Å²) in [5.41, 5.74) is 8.39. The van der Waals surface area contributed by atoms with Crippen LogP contribution in [0.5, 0.6) is 0 Å². The molecule has 0 aliphatic rings. The van der Waals surface area contributed by atoms with Crippen molar-refractivity contribution in [3.8, 4) is 5.69 Å². The standard InChI is InChI=1S/C21H20BrN3O/c1-14-6-4-5-7-20(14)21(26)24-23-13-17-12-15(2)25(16(17)3)19-10-8-18(22)9-11-19/h4-13H,1-3H3,(H,24,26)/b23-13-. The van der Waals surface area contributed by atoms with E-state index in [0.29, 0.717) is 5.56 Å². The molecule has 0 bridgehead atoms. The molecular weight excluding hydrogens is 390 g/mol. The van der Waals surface area contributed by atoms with Gasteiger partial charge in [0.25, 0.3) is 5.91 Å². The summed E-state index contributed by atoms with van der Waals surface area (Å²) in [5, 5.41) is 4.14. The van der Waals surface area contributed by atoms with Crippen molar-refractivity contribution in [2.24, 2.45) is 5.10 Å². The van der Waals surface area contributed by atoms with Crippen LogP contribution in [-0.2, 0) is 0 Å². The van der Waals surface area contributed by atoms with E-state index >= 15 is 0 Å². The summed E-state index contributed by atoms with van der Waals surface area (Å²) in [6, 6.07) is 17.7. The first-order valence-electron chi connectivity index (χ1n) is 8.31. The van der Waals surface area contributed by atoms with Crippen molar-refractivity contribution < 1.29 is 4.79 Å². The number of benzene rings is 2. The van der Waals surface area contributed by atoms with Crippen molar-refractivity contribution in [2.75, 3.05) is 0 Å². The molecule has 0 saturated heterocycles. The molecule has 1 amide bonds. The number of amides is 1. The first-order chi connectivity index (χ1) is 12.5. The van der Waals surface area contributed by atoms with Gasteiger partial charge >= 0.3 is 0 Å². The summed E-state index contributed by atoms with van der Waals surface area (Å²) in [7, 11) is 0. The van der Waals surface area contributed by atoms with Gasteiger partial charge in [-0.2, -0.15) is 5.10 Å². The number of nitrogens with one attached hydrogen (secondary N) is 1. The predicted octanol–water partition coefficient (Wildman–Crippen LogP) is 4.93. The van der Waals surface area contributed by atoms with Gasteiger partial charge in [0, 0.05) is 32.7 Å². The van der Waals surface area contributed by atoms with Gasteiger partial charge in [0.05, 0.1) is 6.21 Å². The van der Waals surface area contributed by atoms with Gasteiger partial charge in [-0.25, -0.2) is 5.43 Å². The van der Waals surface area contributed by atoms with Gasteiger partial charge < -0.3 is 4.57 Å². The highest BCUT2D eigenvalue weighted by Crippen LogP contribution is 2.21. The zero-order valence-corrected chi connectivity index (χ0v) is 16.5. The number of hydrogen-bond donors (Lipinski definition) is 1. The molecule has 3 aromatic rings. The maximum absolute atomic E-state index is 12.2. The number of carbonyl (C=O) groups excluding carboxylic acids is 1. The fourth-order valence-electron chi connectivity index (χ4n) is 2.95. The van der Waals surface area contributed by atoms with Crippen LogP contribution >= 0.6 is 15.9 Å². The number of rotatable bonds is 4. The van der Waals surface area contributed by atoms with Gasteiger partial charge in [-0.15, -0.1) is 0 Å². The Kier molecular flexibility index (Phi) is 5.38. The van der Waals surface area contributed by atoms with Crippen LogP contribution in [0.2, 0.25) is 0 Å². The van der Waals surface area contributed by atoms with Crippen molar-refractivity contribution in [1.82, 2.24) is 9.99 Å². The van der Waals surface area contributed by atoms with Crippen LogP contribution in [0.25, 0.3) is 5.69 Å². The van der Waals surface area contributed by atoms with E-state index in [2.05, 4.69) is 56.1 Å². The van der Waals surface area contributed by atoms with Crippen LogP contribution in [0.3, 0.4) is 0 Å². The Labute approximate surface area is 161 Å². The Morgan fingerprint density at radius 1 is 1.08 bits per heavy atom. The van der Waals surface area contributed by atoms with Crippen LogP contribution in [0, 0.1) is 20.8 Å². The highest BCUT2D eigenvalue weighted by molar-refractivity contribution is 9.10. The third-order valence-corrected chi connectivity index (χ3v) is 4.84. The Morgan fingerprint density at radius 2 is 1.77 bits per heavy atom. The lowest BCUT2D eigenvalue weighted by molar-refractivity contribution is 0.0954. The topological polar surface area (TPSA) is 46.4 Å². The van der Waals surface area contributed by atoms with Crippen molar-refractivity contribution in [2.45, 2.75) is 20.8 Å². The summed E-state index contributed by atoms with van der Waals surface area (Å²) in [6.07, 6.45) is 1.69. The average Bonchev–Trinajstić information content (AvgIpc) is 2.90. The maximum atomic E-state index is 12.2. The minimum atomic E-state index is -0.207. The summed E-state index contributed by atoms with van der Waals surface area (Å²) in [4.78, 5) is 12.2. The van der Waals surface area contributed by atoms with Crippen molar-refractivity contribution in [1.29, 1.82) is 0 Å². The molecule has 0 fully saturated rings. The molecule has 0 atom stereocenters. The SMILES string of the molecule is Cc1ccccc1C(=O)N/N=C\c1cc(C)n(-c2ccc(Br)cc2)c1C. The van der Waals surface area contributed by atoms with Crippen molar-refractivity contribution in [3.05, 3.63) is 87.1 Å². The summed E-state index contributed by atoms with van der Waals surface area (Å²) in [5.74, 6) is -0.207. The molecule has 0 spiro atoms. The number of hydrazone groups is 1. The Bertz CT molecular complexity index is 971. The van der Waals surface area contributed by atoms with E-state index < -0.39 is 0 Å². The first kappa shape index (κ1) is 18.1. The van der Waals surface area contributed by atoms with E-state index in [1.807, 2.05) is 44.2 Å². The minimum absolute atomic E-state index is 0.207. The van der Waals surface area contributed by atoms with E-state index in [-0.39, 0.29) is 5.91 Å². The van der Waals surface area contributed by atoms with Crippen LogP contribution < -0.4 is 5.43 Å². The van der Waals surface area contributed by atoms with Gasteiger partial charge in [-0.05, 0) is 62.7 Å². The monoisotopic (exact) mass is 409 g/mol. The van der Waals surface area contributed by atoms with E-state index in [1.165, 1.54) is 0 Å². The third kappa shape index (κ3) is 3.78. The molecule has 5 heteroatoms. The Balaban J connectivity index is 1.79. The van der Waals surface area contributed by atoms with E-state index in [1.54, 1.807) is 12.3 Å². The fourth-order valence-corrected chi connectivity index (χ4v) is 3.22. The van der Waals surface area contributed by atoms with Gasteiger partial charge in [-0.1, -0.05) is 34.1 Å². The van der Waals surface area contributed by atoms with Crippen molar-refractivity contribution >= 4 is 28.1 Å². The van der Waals surface area contributed by atoms with Gasteiger partial charge in [-0.3, -0.25) is 4.79 Å². The molecule has 132 valence electrons. The molecule has 4 nitrogen and oxygen atoms in total. The zero-order chi connectivity index (χ0) is 18.7. The molecule has 3 rings (SSSR count). The van der Waals surface area contributed by atoms with E-state index in [0.717, 1.165) is 32.7 Å². The van der Waals surface area contributed by atoms with Crippen LogP contribution in [-0.4, -0.2) is 16.7 Å². The summed E-state index contributed by atoms with van der Waals surface area (Å²) >= 11 is 3.46. The fraction of sp³-hybridized carbons (Fsp3) is 0.143. The van der Waals surface area contributed by atoms with Crippen LogP contribution in [0.1, 0.15) is 32.9 Å². The predicted molar refractivity (Wildman–Crippen MR) is 109 cm³/mol. The Hall–Kier alpha value is -2.66. The molecule has 0 saturated carbocycles. The molecular formula is C21H20BrN3O. The lowest BCUT2D eigenvalue weighted by Crippen LogP contribution is -2.18. The minimum Gasteiger partial charge on any atom is -0.318 e. The van der Waals surface area contributed by atoms with Crippen LogP contribution in [0.4, 0.5) is 0 Å². The molecule has 0 aliphatic heterocycles. The summed E-state index contributed by atoms with van der Waals surface area (Å²) in [6.45, 7) is 6.00. The van der Waals surface area contributed by atoms with Gasteiger partial charge in [0.15, 0.2) is 0 Å². The highest BCUT2D eigenvalue weighted by atomic mass is 79.9. The number of aromatic nitrogens is 1. The molecule has 1 N–H and O–H groups in total. The number of hydrogen-bond acceptors (Lipinski definition) is 2. The summed E-state index contributed by atoms with van der Waals surface area (Å²) < 4.78 is 3.21. The quantitative estimate of drug-likeness (QED) is 0.481. The first-order valence-corrected chi connectivity index (χ1v) is 9.10. The molecule has 0 aliphatic carbocycles. The number of aryl methyl sites for hydroxylation is 2. The molecule has 0 unspecified atom stereocenters. The second kappa shape index (κ2) is 7.70. The Morgan fingerprint density at radius 3 is 2.46 bits per heavy atom. The zero-order valence-electron chi connectivity index (χ0n) is 15.0. The molecule has 0 radical (unpaired) electrons. The number of carbonyl (C=O) groups is 1. The lowest BCUT2D eigenvalue weighted by Gasteiger charge is -2.09. The number of nitrogens with zero attached hydrogens (tertiary/aromatic N) is 2. The van der Waals surface area contributed by atoms with Gasteiger partial charge in [0.1, 0.15) is 0 Å². The van der Waals surface area contributed by atoms with Crippen molar-refractivity contribution in [3.63, 3.8) is 0 Å². The molecule has 26 heavy (non-hydrogen) atoms. The van der Waals surface area contributed by atoms with Gasteiger partial charge in [0.2, 0.25) is 0 Å². The largest absolute Gasteiger partial charge is 0.318 e. The molecule has 1 aromatic heterocycles. The second-order valence-electron chi connectivity index (χ2n) is 6.15. The maximum Gasteiger partial charge on any atom is 0.271 e. The normalized spacial score (nSPS) is 11.1. The highest BCUT2D eigenvalue weighted by Gasteiger charge is 2.10. The third-order valence-electron chi connectivity index (χ3n) is 4.31. The number of halogens is 1. The van der Waals surface area contributed by atoms with E-state index in [4.69, 9.17) is 0 Å². The molecule has 2 aromatic carbocycles. The lowest BCUT2D eigenvalue weighted by atomic mass is 10.1. The average molecular weight is 410 g/mol. The smallest absolute Gasteiger partial charge is 0.271 e. The van der Waals surface area contributed by atoms with Crippen LogP contribution in [0.15, 0.2) is 64.2 Å². The van der Waals surface area contributed by atoms with E-state index in [9.17, 15) is 4.79 Å². The second-order valence-corrected chi connectivity index (χ2v) is 7.07.